The van der Waals surface area contributed by atoms with Crippen molar-refractivity contribution in [2.45, 2.75) is 5.12 Å². The van der Waals surface area contributed by atoms with Crippen molar-refractivity contribution in [2.24, 2.45) is 10.2 Å². The van der Waals surface area contributed by atoms with Gasteiger partial charge in [0.1, 0.15) is 0 Å². The Morgan fingerprint density at radius 1 is 1.75 bits per heavy atom. The van der Waals surface area contributed by atoms with E-state index in [2.05, 4.69) is 15.0 Å². The molecule has 0 aromatic carbocycles. The largest absolute Gasteiger partial charge is 0.465 e. The second-order valence-electron chi connectivity index (χ2n) is 1.28. The molecular formula is C3H3ClN2O2. The van der Waals surface area contributed by atoms with Crippen molar-refractivity contribution in [1.82, 2.24) is 0 Å². The first-order chi connectivity index (χ1) is 3.69. The zero-order valence-electron chi connectivity index (χ0n) is 4.09. The number of methoxy groups -OCH3 is 1. The molecule has 8 heavy (non-hydrogen) atoms. The van der Waals surface area contributed by atoms with Crippen LogP contribution in [-0.4, -0.2) is 18.2 Å². The van der Waals surface area contributed by atoms with Gasteiger partial charge in [-0.25, -0.2) is 4.79 Å². The van der Waals surface area contributed by atoms with E-state index in [1.807, 2.05) is 0 Å². The Labute approximate surface area is 50.5 Å². The van der Waals surface area contributed by atoms with E-state index in [4.69, 9.17) is 11.6 Å². The van der Waals surface area contributed by atoms with Gasteiger partial charge in [0.25, 0.3) is 0 Å². The minimum Gasteiger partial charge on any atom is -0.465 e. The number of esters is 1. The van der Waals surface area contributed by atoms with E-state index in [0.29, 0.717) is 0 Å². The van der Waals surface area contributed by atoms with Crippen LogP contribution in [0.25, 0.3) is 0 Å². The number of carbonyl (C=O) groups is 1. The maximum absolute atomic E-state index is 10.4. The first kappa shape index (κ1) is 5.50. The second-order valence-corrected chi connectivity index (χ2v) is 1.81. The quantitative estimate of drug-likeness (QED) is 0.298. The van der Waals surface area contributed by atoms with Crippen LogP contribution >= 0.6 is 11.6 Å². The van der Waals surface area contributed by atoms with Gasteiger partial charge in [-0.05, 0) is 0 Å². The molecule has 0 bridgehead atoms. The van der Waals surface area contributed by atoms with Crippen LogP contribution in [-0.2, 0) is 9.53 Å². The number of hydrogen-bond donors (Lipinski definition) is 0. The number of alkyl halides is 1. The molecule has 0 saturated heterocycles. The van der Waals surface area contributed by atoms with Gasteiger partial charge in [-0.1, -0.05) is 11.6 Å². The average Bonchev–Trinajstić information content (AvgIpc) is 2.47. The van der Waals surface area contributed by atoms with Gasteiger partial charge in [0, 0.05) is 0 Å². The summed E-state index contributed by atoms with van der Waals surface area (Å²) >= 11 is 5.29. The molecule has 1 heterocycles. The second kappa shape index (κ2) is 1.42. The predicted molar refractivity (Wildman–Crippen MR) is 25.5 cm³/mol. The van der Waals surface area contributed by atoms with Crippen molar-refractivity contribution in [3.8, 4) is 0 Å². The summed E-state index contributed by atoms with van der Waals surface area (Å²) in [5, 5.41) is 5.06. The molecule has 0 aliphatic carbocycles. The number of ether oxygens (including phenoxy) is 1. The van der Waals surface area contributed by atoms with Gasteiger partial charge in [-0.3, -0.25) is 0 Å². The van der Waals surface area contributed by atoms with Crippen LogP contribution in [0.4, 0.5) is 0 Å². The zero-order chi connectivity index (χ0) is 6.20. The number of nitrogens with zero attached hydrogens (tertiary/aromatic N) is 2. The number of rotatable bonds is 1. The SMILES string of the molecule is COC(=O)C1(Cl)N=N1. The molecule has 0 spiro atoms. The summed E-state index contributed by atoms with van der Waals surface area (Å²) in [6, 6.07) is 0. The fourth-order valence-corrected chi connectivity index (χ4v) is 0.370. The number of halogens is 1. The minimum atomic E-state index is -1.38. The van der Waals surface area contributed by atoms with Crippen LogP contribution in [0.1, 0.15) is 0 Å². The monoisotopic (exact) mass is 134 g/mol. The predicted octanol–water partition coefficient (Wildman–Crippen LogP) is 0.518. The smallest absolute Gasteiger partial charge is 0.376 e. The Balaban J connectivity index is 2.48. The lowest BCUT2D eigenvalue weighted by Crippen LogP contribution is -2.18. The summed E-state index contributed by atoms with van der Waals surface area (Å²) in [5.41, 5.74) is 0. The van der Waals surface area contributed by atoms with E-state index in [0.717, 1.165) is 0 Å². The van der Waals surface area contributed by atoms with Crippen molar-refractivity contribution in [2.75, 3.05) is 7.11 Å². The Kier molecular flexibility index (Phi) is 0.973. The lowest BCUT2D eigenvalue weighted by atomic mass is 10.6. The molecule has 0 aromatic heterocycles. The summed E-state index contributed by atoms with van der Waals surface area (Å²) < 4.78 is 4.22. The Bertz CT molecular complexity index is 149. The van der Waals surface area contributed by atoms with Gasteiger partial charge < -0.3 is 4.74 Å². The van der Waals surface area contributed by atoms with Gasteiger partial charge in [0.15, 0.2) is 0 Å². The molecule has 0 saturated carbocycles. The van der Waals surface area contributed by atoms with E-state index in [1.54, 1.807) is 0 Å². The highest BCUT2D eigenvalue weighted by atomic mass is 35.5. The Morgan fingerprint density at radius 2 is 2.25 bits per heavy atom. The van der Waals surface area contributed by atoms with Crippen LogP contribution in [0, 0.1) is 0 Å². The molecule has 0 atom stereocenters. The highest BCUT2D eigenvalue weighted by Crippen LogP contribution is 2.33. The van der Waals surface area contributed by atoms with Gasteiger partial charge in [0.2, 0.25) is 0 Å². The molecule has 44 valence electrons. The fraction of sp³-hybridized carbons (Fsp3) is 0.667. The summed E-state index contributed by atoms with van der Waals surface area (Å²) in [5.74, 6) is -0.626. The third-order valence-electron chi connectivity index (χ3n) is 0.721. The van der Waals surface area contributed by atoms with Gasteiger partial charge in [-0.15, -0.1) is 10.2 Å². The summed E-state index contributed by atoms with van der Waals surface area (Å²) in [6.07, 6.45) is 0. The van der Waals surface area contributed by atoms with Crippen molar-refractivity contribution < 1.29 is 9.53 Å². The highest BCUT2D eigenvalue weighted by Gasteiger charge is 2.47. The molecule has 0 fully saturated rings. The lowest BCUT2D eigenvalue weighted by Gasteiger charge is -1.94. The topological polar surface area (TPSA) is 51.0 Å². The summed E-state index contributed by atoms with van der Waals surface area (Å²) in [4.78, 5) is 10.4. The third-order valence-corrected chi connectivity index (χ3v) is 1.03. The van der Waals surface area contributed by atoms with Gasteiger partial charge in [0.05, 0.1) is 7.11 Å². The number of carbonyl (C=O) groups excluding carboxylic acids is 1. The van der Waals surface area contributed by atoms with Crippen molar-refractivity contribution in [3.05, 3.63) is 0 Å². The van der Waals surface area contributed by atoms with E-state index in [1.165, 1.54) is 7.11 Å². The molecule has 0 N–H and O–H groups in total. The van der Waals surface area contributed by atoms with Crippen LogP contribution in [0.15, 0.2) is 10.2 Å². The normalized spacial score (nSPS) is 20.2. The molecular weight excluding hydrogens is 131 g/mol. The zero-order valence-corrected chi connectivity index (χ0v) is 4.84. The maximum Gasteiger partial charge on any atom is 0.376 e. The molecule has 0 unspecified atom stereocenters. The van der Waals surface area contributed by atoms with Crippen molar-refractivity contribution in [1.29, 1.82) is 0 Å². The first-order valence-electron chi connectivity index (χ1n) is 1.90. The molecule has 0 radical (unpaired) electrons. The van der Waals surface area contributed by atoms with E-state index in [-0.39, 0.29) is 0 Å². The van der Waals surface area contributed by atoms with E-state index < -0.39 is 11.1 Å². The fourth-order valence-electron chi connectivity index (χ4n) is 0.255. The summed E-state index contributed by atoms with van der Waals surface area (Å²) in [7, 11) is 1.23. The van der Waals surface area contributed by atoms with Crippen molar-refractivity contribution in [3.63, 3.8) is 0 Å². The molecule has 1 aliphatic rings. The summed E-state index contributed by atoms with van der Waals surface area (Å²) in [6.45, 7) is 0. The maximum atomic E-state index is 10.4. The van der Waals surface area contributed by atoms with Crippen molar-refractivity contribution >= 4 is 17.6 Å². The Hall–Kier alpha value is -0.640. The van der Waals surface area contributed by atoms with E-state index >= 15 is 0 Å². The third kappa shape index (κ3) is 0.667. The number of hydrogen-bond acceptors (Lipinski definition) is 4. The lowest BCUT2D eigenvalue weighted by molar-refractivity contribution is -0.141. The van der Waals surface area contributed by atoms with Crippen LogP contribution in [0.3, 0.4) is 0 Å². The molecule has 4 nitrogen and oxygen atoms in total. The first-order valence-corrected chi connectivity index (χ1v) is 2.28. The molecule has 1 aliphatic heterocycles. The molecule has 0 aromatic rings. The van der Waals surface area contributed by atoms with Crippen LogP contribution in [0.2, 0.25) is 0 Å². The average molecular weight is 135 g/mol. The minimum absolute atomic E-state index is 0.626. The van der Waals surface area contributed by atoms with Crippen LogP contribution < -0.4 is 0 Å². The molecule has 5 heteroatoms. The standard InChI is InChI=1S/C3H3ClN2O2/c1-8-2(7)3(4)5-6-3/h1H3. The van der Waals surface area contributed by atoms with Gasteiger partial charge >= 0.3 is 11.1 Å². The Morgan fingerprint density at radius 3 is 2.38 bits per heavy atom. The van der Waals surface area contributed by atoms with Crippen LogP contribution in [0.5, 0.6) is 0 Å². The highest BCUT2D eigenvalue weighted by molar-refractivity contribution is 6.34. The van der Waals surface area contributed by atoms with Gasteiger partial charge in [-0.2, -0.15) is 0 Å². The molecule has 1 rings (SSSR count). The van der Waals surface area contributed by atoms with E-state index in [9.17, 15) is 4.79 Å². The molecule has 0 amide bonds.